The Morgan fingerprint density at radius 2 is 1.57 bits per heavy atom. The van der Waals surface area contributed by atoms with Gasteiger partial charge in [-0.15, -0.1) is 0 Å². The summed E-state index contributed by atoms with van der Waals surface area (Å²) in [6.45, 7) is 0.587. The molecule has 0 bridgehead atoms. The fourth-order valence-corrected chi connectivity index (χ4v) is 5.54. The van der Waals surface area contributed by atoms with Crippen molar-refractivity contribution in [3.63, 3.8) is 0 Å². The molecule has 2 aromatic carbocycles. The van der Waals surface area contributed by atoms with Crippen LogP contribution in [0, 0.1) is 11.7 Å². The van der Waals surface area contributed by atoms with E-state index >= 15 is 0 Å². The fraction of sp³-hybridized carbons (Fsp3) is 0.500. The van der Waals surface area contributed by atoms with Crippen LogP contribution in [-0.2, 0) is 28.5 Å². The largest absolute Gasteiger partial charge is 0.480 e. The number of benzene rings is 2. The summed E-state index contributed by atoms with van der Waals surface area (Å²) in [7, 11) is 0. The standard InChI is InChI=1S/C26H26F7NO3/c27-20-6-3-16(4-7-20)23-17(13-34-9-1-2-21(34)24(35)36)5-8-22(23)37-14-15-10-18(25(28,29)30)12-19(11-15)26(31,32)33/h3-4,6-7,10-12,17,21-23H,1-2,5,8-9,13-14H2,(H,35,36)/t17-,21-,22-,23-/m0/s1. The van der Waals surface area contributed by atoms with Gasteiger partial charge in [-0.05, 0) is 79.6 Å². The number of rotatable bonds is 7. The zero-order valence-electron chi connectivity index (χ0n) is 19.7. The third-order valence-corrected chi connectivity index (χ3v) is 7.21. The van der Waals surface area contributed by atoms with Crippen molar-refractivity contribution in [2.24, 2.45) is 5.92 Å². The highest BCUT2D eigenvalue weighted by Gasteiger charge is 2.42. The Morgan fingerprint density at radius 1 is 0.946 bits per heavy atom. The first-order valence-electron chi connectivity index (χ1n) is 11.9. The molecule has 1 saturated carbocycles. The number of carboxylic acids is 1. The smallest absolute Gasteiger partial charge is 0.416 e. The average Bonchev–Trinajstić information content (AvgIpc) is 3.44. The molecule has 1 saturated heterocycles. The van der Waals surface area contributed by atoms with E-state index < -0.39 is 54.0 Å². The summed E-state index contributed by atoms with van der Waals surface area (Å²) in [5.74, 6) is -1.78. The zero-order chi connectivity index (χ0) is 27.0. The summed E-state index contributed by atoms with van der Waals surface area (Å²) in [6, 6.07) is 6.48. The number of nitrogens with zero attached hydrogens (tertiary/aromatic N) is 1. The van der Waals surface area contributed by atoms with Crippen LogP contribution in [0.4, 0.5) is 30.7 Å². The van der Waals surface area contributed by atoms with Crippen LogP contribution in [0.15, 0.2) is 42.5 Å². The minimum atomic E-state index is -4.96. The molecule has 0 aromatic heterocycles. The quantitative estimate of drug-likeness (QED) is 0.414. The highest BCUT2D eigenvalue weighted by atomic mass is 19.4. The van der Waals surface area contributed by atoms with E-state index in [1.165, 1.54) is 12.1 Å². The van der Waals surface area contributed by atoms with Gasteiger partial charge in [0, 0.05) is 12.5 Å². The number of hydrogen-bond donors (Lipinski definition) is 1. The van der Waals surface area contributed by atoms with Gasteiger partial charge in [0.1, 0.15) is 11.9 Å². The molecular formula is C26H26F7NO3. The molecule has 0 spiro atoms. The summed E-state index contributed by atoms with van der Waals surface area (Å²) in [5.41, 5.74) is -2.35. The number of hydrogen-bond acceptors (Lipinski definition) is 3. The number of aliphatic carboxylic acids is 1. The molecule has 1 heterocycles. The summed E-state index contributed by atoms with van der Waals surface area (Å²) < 4.78 is 99.0. The van der Waals surface area contributed by atoms with Crippen molar-refractivity contribution in [2.45, 2.75) is 62.7 Å². The first-order chi connectivity index (χ1) is 17.3. The summed E-state index contributed by atoms with van der Waals surface area (Å²) >= 11 is 0. The lowest BCUT2D eigenvalue weighted by Gasteiger charge is -2.30. The van der Waals surface area contributed by atoms with Gasteiger partial charge >= 0.3 is 18.3 Å². The molecule has 2 aliphatic rings. The van der Waals surface area contributed by atoms with E-state index in [-0.39, 0.29) is 23.5 Å². The van der Waals surface area contributed by atoms with Gasteiger partial charge < -0.3 is 9.84 Å². The lowest BCUT2D eigenvalue weighted by molar-refractivity contribution is -0.144. The van der Waals surface area contributed by atoms with Gasteiger partial charge in [0.05, 0.1) is 23.8 Å². The molecule has 11 heteroatoms. The third-order valence-electron chi connectivity index (χ3n) is 7.21. The van der Waals surface area contributed by atoms with Crippen molar-refractivity contribution in [3.8, 4) is 0 Å². The SMILES string of the molecule is O=C(O)[C@@H]1CCCN1C[C@@H]1CC[C@H](OCc2cc(C(F)(F)F)cc(C(F)(F)F)c2)[C@H]1c1ccc(F)cc1. The number of halogens is 7. The number of alkyl halides is 6. The Labute approximate surface area is 209 Å². The van der Waals surface area contributed by atoms with Crippen molar-refractivity contribution >= 4 is 5.97 Å². The van der Waals surface area contributed by atoms with E-state index in [1.807, 2.05) is 4.90 Å². The number of likely N-dealkylation sites (tertiary alicyclic amines) is 1. The molecule has 0 amide bonds. The maximum Gasteiger partial charge on any atom is 0.416 e. The second-order valence-electron chi connectivity index (χ2n) is 9.67. The maximum absolute atomic E-state index is 13.6. The van der Waals surface area contributed by atoms with Crippen molar-refractivity contribution in [1.29, 1.82) is 0 Å². The molecule has 1 N–H and O–H groups in total. The highest BCUT2D eigenvalue weighted by Crippen LogP contribution is 2.44. The number of carbonyl (C=O) groups is 1. The van der Waals surface area contributed by atoms with Gasteiger partial charge in [0.25, 0.3) is 0 Å². The first-order valence-corrected chi connectivity index (χ1v) is 11.9. The Morgan fingerprint density at radius 3 is 2.14 bits per heavy atom. The molecule has 4 rings (SSSR count). The van der Waals surface area contributed by atoms with Gasteiger partial charge in [0.15, 0.2) is 0 Å². The van der Waals surface area contributed by atoms with Crippen LogP contribution in [0.2, 0.25) is 0 Å². The Kier molecular flexibility index (Phi) is 7.85. The Hall–Kier alpha value is -2.66. The van der Waals surface area contributed by atoms with Gasteiger partial charge in [0.2, 0.25) is 0 Å². The lowest BCUT2D eigenvalue weighted by Crippen LogP contribution is -2.40. The van der Waals surface area contributed by atoms with E-state index in [9.17, 15) is 40.6 Å². The van der Waals surface area contributed by atoms with E-state index in [4.69, 9.17) is 4.74 Å². The second-order valence-corrected chi connectivity index (χ2v) is 9.67. The van der Waals surface area contributed by atoms with Gasteiger partial charge in [-0.3, -0.25) is 9.69 Å². The van der Waals surface area contributed by atoms with Crippen molar-refractivity contribution < 1.29 is 45.4 Å². The van der Waals surface area contributed by atoms with Crippen LogP contribution in [0.3, 0.4) is 0 Å². The monoisotopic (exact) mass is 533 g/mol. The van der Waals surface area contributed by atoms with Crippen LogP contribution in [0.25, 0.3) is 0 Å². The second kappa shape index (κ2) is 10.6. The van der Waals surface area contributed by atoms with E-state index in [2.05, 4.69) is 0 Å². The van der Waals surface area contributed by atoms with Gasteiger partial charge in [-0.2, -0.15) is 26.3 Å². The molecule has 0 unspecified atom stereocenters. The molecule has 2 fully saturated rings. The maximum atomic E-state index is 13.6. The van der Waals surface area contributed by atoms with Crippen LogP contribution in [0.1, 0.15) is 53.9 Å². The first kappa shape index (κ1) is 27.4. The third kappa shape index (κ3) is 6.43. The molecule has 1 aliphatic carbocycles. The molecule has 202 valence electrons. The minimum absolute atomic E-state index is 0.0747. The summed E-state index contributed by atoms with van der Waals surface area (Å²) in [4.78, 5) is 13.5. The molecule has 2 aromatic rings. The average molecular weight is 533 g/mol. The molecule has 37 heavy (non-hydrogen) atoms. The van der Waals surface area contributed by atoms with Crippen molar-refractivity contribution in [1.82, 2.24) is 4.90 Å². The predicted molar refractivity (Wildman–Crippen MR) is 119 cm³/mol. The number of ether oxygens (including phenoxy) is 1. The lowest BCUT2D eigenvalue weighted by atomic mass is 9.87. The molecular weight excluding hydrogens is 507 g/mol. The fourth-order valence-electron chi connectivity index (χ4n) is 5.54. The molecule has 0 radical (unpaired) electrons. The van der Waals surface area contributed by atoms with Crippen LogP contribution in [-0.4, -0.2) is 41.2 Å². The van der Waals surface area contributed by atoms with Crippen molar-refractivity contribution in [3.05, 3.63) is 70.5 Å². The van der Waals surface area contributed by atoms with E-state index in [1.54, 1.807) is 12.1 Å². The number of carboxylic acid groups (broad SMARTS) is 1. The molecule has 1 aliphatic heterocycles. The molecule has 4 atom stereocenters. The van der Waals surface area contributed by atoms with Crippen LogP contribution >= 0.6 is 0 Å². The van der Waals surface area contributed by atoms with Crippen LogP contribution in [0.5, 0.6) is 0 Å². The van der Waals surface area contributed by atoms with Crippen LogP contribution < -0.4 is 0 Å². The molecule has 4 nitrogen and oxygen atoms in total. The topological polar surface area (TPSA) is 49.8 Å². The summed E-state index contributed by atoms with van der Waals surface area (Å²) in [6.07, 6.45) is -8.11. The minimum Gasteiger partial charge on any atom is -0.480 e. The van der Waals surface area contributed by atoms with E-state index in [0.717, 1.165) is 12.0 Å². The van der Waals surface area contributed by atoms with E-state index in [0.29, 0.717) is 44.5 Å². The Bertz CT molecular complexity index is 1070. The van der Waals surface area contributed by atoms with Gasteiger partial charge in [-0.1, -0.05) is 12.1 Å². The zero-order valence-corrected chi connectivity index (χ0v) is 19.7. The summed E-state index contributed by atoms with van der Waals surface area (Å²) in [5, 5.41) is 9.52. The predicted octanol–water partition coefficient (Wildman–Crippen LogP) is 6.49. The van der Waals surface area contributed by atoms with Crippen molar-refractivity contribution in [2.75, 3.05) is 13.1 Å². The van der Waals surface area contributed by atoms with Gasteiger partial charge in [-0.25, -0.2) is 4.39 Å². The normalized spacial score (nSPS) is 25.1. The Balaban J connectivity index is 1.57. The highest BCUT2D eigenvalue weighted by molar-refractivity contribution is 5.73.